The summed E-state index contributed by atoms with van der Waals surface area (Å²) >= 11 is 0. The molecule has 0 rings (SSSR count). The third kappa shape index (κ3) is 75.2. The zero-order valence-corrected chi connectivity index (χ0v) is 61.4. The largest absolute Gasteiger partial charge is 0.477 e. The molecule has 9 heteroatoms. The minimum Gasteiger partial charge on any atom is -0.477 e. The van der Waals surface area contributed by atoms with E-state index in [4.69, 9.17) is 18.9 Å². The van der Waals surface area contributed by atoms with Gasteiger partial charge in [0.15, 0.2) is 6.10 Å². The predicted molar refractivity (Wildman–Crippen MR) is 401 cm³/mol. The van der Waals surface area contributed by atoms with Crippen molar-refractivity contribution in [1.82, 2.24) is 0 Å². The first-order valence-electron chi connectivity index (χ1n) is 39.1. The van der Waals surface area contributed by atoms with Crippen LogP contribution in [0.1, 0.15) is 348 Å². The summed E-state index contributed by atoms with van der Waals surface area (Å²) in [6.07, 6.45) is 101. The van der Waals surface area contributed by atoms with Gasteiger partial charge in [-0.3, -0.25) is 9.59 Å². The molecule has 0 aromatic carbocycles. The molecule has 0 aromatic rings. The molecule has 0 spiro atoms. The number of carboxylic acids is 1. The molecule has 2 atom stereocenters. The van der Waals surface area contributed by atoms with Gasteiger partial charge in [-0.15, -0.1) is 0 Å². The number of carbonyl (C=O) groups excluding carboxylic acids is 2. The number of allylic oxidation sites excluding steroid dienone is 18. The Morgan fingerprint density at radius 2 is 0.613 bits per heavy atom. The molecule has 0 fully saturated rings. The lowest BCUT2D eigenvalue weighted by molar-refractivity contribution is -0.870. The maximum Gasteiger partial charge on any atom is 0.361 e. The van der Waals surface area contributed by atoms with E-state index in [9.17, 15) is 19.5 Å². The lowest BCUT2D eigenvalue weighted by Gasteiger charge is -2.25. The van der Waals surface area contributed by atoms with Crippen LogP contribution in [0.3, 0.4) is 0 Å². The summed E-state index contributed by atoms with van der Waals surface area (Å²) in [6, 6.07) is 0. The number of likely N-dealkylation sites (N-methyl/N-ethyl adjacent to an activating group) is 1. The Morgan fingerprint density at radius 3 is 0.914 bits per heavy atom. The third-order valence-corrected chi connectivity index (χ3v) is 17.0. The van der Waals surface area contributed by atoms with Gasteiger partial charge in [0.05, 0.1) is 34.4 Å². The number of quaternary nitrogens is 1. The van der Waals surface area contributed by atoms with E-state index in [0.29, 0.717) is 23.9 Å². The van der Waals surface area contributed by atoms with Gasteiger partial charge in [0.2, 0.25) is 0 Å². The number of hydrogen-bond acceptors (Lipinski definition) is 7. The van der Waals surface area contributed by atoms with Crippen LogP contribution >= 0.6 is 0 Å². The van der Waals surface area contributed by atoms with Gasteiger partial charge in [-0.2, -0.15) is 0 Å². The number of aliphatic carboxylic acids is 1. The fraction of sp³-hybridized carbons (Fsp3) is 0.750. The molecule has 0 bridgehead atoms. The van der Waals surface area contributed by atoms with Crippen molar-refractivity contribution in [3.8, 4) is 0 Å². The normalized spacial score (nSPS) is 13.3. The second-order valence-corrected chi connectivity index (χ2v) is 27.3. The Kier molecular flexibility index (Phi) is 70.5. The zero-order chi connectivity index (χ0) is 67.5. The summed E-state index contributed by atoms with van der Waals surface area (Å²) < 4.78 is 23.0. The van der Waals surface area contributed by atoms with Crippen LogP contribution < -0.4 is 0 Å². The van der Waals surface area contributed by atoms with Crippen molar-refractivity contribution in [2.45, 2.75) is 360 Å². The lowest BCUT2D eigenvalue weighted by Crippen LogP contribution is -2.40. The number of ether oxygens (including phenoxy) is 4. The van der Waals surface area contributed by atoms with Crippen molar-refractivity contribution in [2.24, 2.45) is 0 Å². The van der Waals surface area contributed by atoms with Gasteiger partial charge in [0.25, 0.3) is 6.29 Å². The molecule has 536 valence electrons. The monoisotopic (exact) mass is 1300 g/mol. The fourth-order valence-corrected chi connectivity index (χ4v) is 11.1. The molecule has 0 aliphatic heterocycles. The predicted octanol–water partition coefficient (Wildman–Crippen LogP) is 24.9. The molecule has 2 unspecified atom stereocenters. The number of carboxylic acid groups (broad SMARTS) is 1. The van der Waals surface area contributed by atoms with Gasteiger partial charge >= 0.3 is 17.9 Å². The van der Waals surface area contributed by atoms with E-state index in [1.165, 1.54) is 218 Å². The number of hydrogen-bond donors (Lipinski definition) is 1. The smallest absolute Gasteiger partial charge is 0.361 e. The molecule has 93 heavy (non-hydrogen) atoms. The number of carbonyl (C=O) groups is 3. The van der Waals surface area contributed by atoms with E-state index < -0.39 is 24.3 Å². The third-order valence-electron chi connectivity index (χ3n) is 17.0. The van der Waals surface area contributed by atoms with E-state index in [1.807, 2.05) is 21.1 Å². The summed E-state index contributed by atoms with van der Waals surface area (Å²) in [6.45, 7) is 4.76. The molecule has 0 saturated carbocycles. The van der Waals surface area contributed by atoms with Crippen LogP contribution in [0.5, 0.6) is 0 Å². The summed E-state index contributed by atoms with van der Waals surface area (Å²) in [5.74, 6) is -2.04. The molecule has 0 radical (unpaired) electrons. The van der Waals surface area contributed by atoms with Crippen molar-refractivity contribution >= 4 is 17.9 Å². The number of esters is 2. The first-order chi connectivity index (χ1) is 45.6. The van der Waals surface area contributed by atoms with Gasteiger partial charge < -0.3 is 28.5 Å². The minimum absolute atomic E-state index is 0.177. The maximum atomic E-state index is 13.0. The molecule has 9 nitrogen and oxygen atoms in total. The van der Waals surface area contributed by atoms with Crippen LogP contribution in [0, 0.1) is 0 Å². The molecule has 0 amide bonds. The highest BCUT2D eigenvalue weighted by Crippen LogP contribution is 2.19. The average molecular weight is 1300 g/mol. The summed E-state index contributed by atoms with van der Waals surface area (Å²) in [5.41, 5.74) is 0. The van der Waals surface area contributed by atoms with Gasteiger partial charge in [0, 0.05) is 12.8 Å². The molecular formula is C84H148NO8+. The van der Waals surface area contributed by atoms with Gasteiger partial charge in [0.1, 0.15) is 13.2 Å². The molecule has 0 aromatic heterocycles. The van der Waals surface area contributed by atoms with E-state index >= 15 is 0 Å². The second kappa shape index (κ2) is 73.8. The summed E-state index contributed by atoms with van der Waals surface area (Å²) in [4.78, 5) is 37.7. The number of unbranched alkanes of at least 4 members (excludes halogenated alkanes) is 39. The average Bonchev–Trinajstić information content (AvgIpc) is 3.38. The minimum atomic E-state index is -1.53. The molecule has 0 aliphatic rings. The lowest BCUT2D eigenvalue weighted by atomic mass is 10.0. The van der Waals surface area contributed by atoms with E-state index in [-0.39, 0.29) is 32.2 Å². The highest BCUT2D eigenvalue weighted by molar-refractivity contribution is 5.71. The first kappa shape index (κ1) is 89.0. The van der Waals surface area contributed by atoms with Gasteiger partial charge in [-0.25, -0.2) is 4.79 Å². The van der Waals surface area contributed by atoms with Crippen molar-refractivity contribution < 1.29 is 42.9 Å². The zero-order valence-electron chi connectivity index (χ0n) is 61.4. The highest BCUT2D eigenvalue weighted by atomic mass is 16.7. The molecular weight excluding hydrogens is 1150 g/mol. The summed E-state index contributed by atoms with van der Waals surface area (Å²) in [7, 11) is 5.97. The van der Waals surface area contributed by atoms with E-state index in [0.717, 1.165) is 96.3 Å². The molecule has 0 saturated heterocycles. The van der Waals surface area contributed by atoms with Crippen LogP contribution in [-0.2, 0) is 33.3 Å². The highest BCUT2D eigenvalue weighted by Gasteiger charge is 2.25. The van der Waals surface area contributed by atoms with Crippen molar-refractivity contribution in [3.63, 3.8) is 0 Å². The van der Waals surface area contributed by atoms with Crippen molar-refractivity contribution in [1.29, 1.82) is 0 Å². The van der Waals surface area contributed by atoms with E-state index in [1.54, 1.807) is 0 Å². The van der Waals surface area contributed by atoms with Crippen molar-refractivity contribution in [3.05, 3.63) is 109 Å². The summed E-state index contributed by atoms with van der Waals surface area (Å²) in [5, 5.41) is 9.76. The van der Waals surface area contributed by atoms with Crippen LogP contribution in [0.25, 0.3) is 0 Å². The Morgan fingerprint density at radius 1 is 0.333 bits per heavy atom. The standard InChI is InChI=1S/C84H147NO8/c1-6-8-10-12-14-16-18-20-22-24-26-28-30-32-34-36-38-39-40-41-42-43-45-46-48-50-52-54-56-58-60-62-64-66-68-70-72-74-81(86)91-78-80(79-92-84(83(88)89)90-77-76-85(3,4)5)93-82(87)75-73-71-69-67-65-63-61-59-57-55-53-51-49-47-44-37-35-33-31-29-27-25-23-21-19-17-15-13-11-9-7-2/h9,11,15,17,21,23,27,29,33,35,44,47,51,53,57,59,63,65,80,84H,6-8,10,12-14,16,18-20,22,24-26,28,30-32,34,36-43,45-46,48-50,52,54-56,58,60-62,64,66-79H2,1-5H3/p+1/b11-9-,17-15-,23-21-,29-27-,35-33-,47-44-,53-51-,59-57-,65-63-. The molecule has 0 heterocycles. The fourth-order valence-electron chi connectivity index (χ4n) is 11.1. The Hall–Kier alpha value is -4.05. The van der Waals surface area contributed by atoms with Crippen LogP contribution in [0.2, 0.25) is 0 Å². The molecule has 0 aliphatic carbocycles. The van der Waals surface area contributed by atoms with Gasteiger partial charge in [-0.1, -0.05) is 361 Å². The Labute approximate surface area is 575 Å². The quantitative estimate of drug-likeness (QED) is 0.0211. The number of rotatable bonds is 72. The second-order valence-electron chi connectivity index (χ2n) is 27.3. The maximum absolute atomic E-state index is 13.0. The van der Waals surface area contributed by atoms with Crippen LogP contribution in [0.4, 0.5) is 0 Å². The first-order valence-corrected chi connectivity index (χ1v) is 39.1. The SMILES string of the molecule is CC/C=C\C/C=C\C/C=C\C/C=C\C/C=C\C/C=C\C/C=C\C/C=C\C/C=C\CCCCCC(=O)OC(COC(=O)CCCCCCCCCCCCCCCCCCCCCCCCCCCCCCCCCCCCCCC)COC(OCC[N+](C)(C)C)C(=O)O. The van der Waals surface area contributed by atoms with Crippen molar-refractivity contribution in [2.75, 3.05) is 47.5 Å². The Bertz CT molecular complexity index is 1900. The Balaban J connectivity index is 4.09. The molecule has 1 N–H and O–H groups in total. The van der Waals surface area contributed by atoms with Crippen LogP contribution in [0.15, 0.2) is 109 Å². The number of nitrogens with zero attached hydrogens (tertiary/aromatic N) is 1. The topological polar surface area (TPSA) is 108 Å². The van der Waals surface area contributed by atoms with Crippen LogP contribution in [-0.4, -0.2) is 87.4 Å². The van der Waals surface area contributed by atoms with E-state index in [2.05, 4.69) is 123 Å². The van der Waals surface area contributed by atoms with Gasteiger partial charge in [-0.05, 0) is 83.5 Å².